The zero-order valence-electron chi connectivity index (χ0n) is 11.9. The molecule has 0 radical (unpaired) electrons. The highest BCUT2D eigenvalue weighted by molar-refractivity contribution is 9.10. The summed E-state index contributed by atoms with van der Waals surface area (Å²) < 4.78 is 28.7. The van der Waals surface area contributed by atoms with Gasteiger partial charge in [-0.05, 0) is 53.0 Å². The molecule has 1 N–H and O–H groups in total. The van der Waals surface area contributed by atoms with E-state index in [4.69, 9.17) is 0 Å². The smallest absolute Gasteiger partial charge is 0.159 e. The Hall–Kier alpha value is -1.34. The van der Waals surface area contributed by atoms with E-state index in [-0.39, 0.29) is 6.04 Å². The first kappa shape index (κ1) is 16.0. The third-order valence-corrected chi connectivity index (χ3v) is 3.79. The average molecular weight is 359 g/mol. The standard InChI is InChI=1S/C14H17BrF2N4/c1-3-6-18-12(13-14(15)19-20-21(13)2)8-9-4-5-10(16)11(17)7-9/h4-5,7,12,18H,3,6,8H2,1-2H3. The summed E-state index contributed by atoms with van der Waals surface area (Å²) in [5.41, 5.74) is 1.60. The number of aryl methyl sites for hydroxylation is 1. The van der Waals surface area contributed by atoms with Gasteiger partial charge in [0.05, 0.1) is 11.7 Å². The first-order chi connectivity index (χ1) is 10.0. The Morgan fingerprint density at radius 2 is 2.10 bits per heavy atom. The molecule has 0 saturated carbocycles. The van der Waals surface area contributed by atoms with Crippen molar-refractivity contribution in [3.05, 3.63) is 45.7 Å². The number of nitrogens with zero attached hydrogens (tertiary/aromatic N) is 3. The predicted octanol–water partition coefficient (Wildman–Crippen LogP) is 3.14. The van der Waals surface area contributed by atoms with Gasteiger partial charge >= 0.3 is 0 Å². The van der Waals surface area contributed by atoms with Crippen LogP contribution in [0.25, 0.3) is 0 Å². The molecular formula is C14H17BrF2N4. The molecule has 4 nitrogen and oxygen atoms in total. The highest BCUT2D eigenvalue weighted by atomic mass is 79.9. The molecule has 0 amide bonds. The number of hydrogen-bond donors (Lipinski definition) is 1. The van der Waals surface area contributed by atoms with Crippen molar-refractivity contribution in [3.8, 4) is 0 Å². The van der Waals surface area contributed by atoms with E-state index in [1.54, 1.807) is 17.8 Å². The van der Waals surface area contributed by atoms with E-state index in [0.717, 1.165) is 30.3 Å². The predicted molar refractivity (Wildman–Crippen MR) is 79.8 cm³/mol. The normalized spacial score (nSPS) is 12.6. The zero-order valence-corrected chi connectivity index (χ0v) is 13.5. The summed E-state index contributed by atoms with van der Waals surface area (Å²) in [6.07, 6.45) is 1.49. The molecule has 114 valence electrons. The molecular weight excluding hydrogens is 342 g/mol. The maximum Gasteiger partial charge on any atom is 0.159 e. The summed E-state index contributed by atoms with van der Waals surface area (Å²) in [6.45, 7) is 2.88. The monoisotopic (exact) mass is 358 g/mol. The van der Waals surface area contributed by atoms with Crippen LogP contribution in [0.3, 0.4) is 0 Å². The lowest BCUT2D eigenvalue weighted by atomic mass is 10.0. The van der Waals surface area contributed by atoms with Crippen molar-refractivity contribution in [2.24, 2.45) is 7.05 Å². The summed E-state index contributed by atoms with van der Waals surface area (Å²) in [7, 11) is 1.80. The minimum absolute atomic E-state index is 0.0795. The largest absolute Gasteiger partial charge is 0.308 e. The summed E-state index contributed by atoms with van der Waals surface area (Å²) in [4.78, 5) is 0. The topological polar surface area (TPSA) is 42.7 Å². The molecule has 1 unspecified atom stereocenters. The van der Waals surface area contributed by atoms with Gasteiger partial charge in [0.2, 0.25) is 0 Å². The fourth-order valence-corrected chi connectivity index (χ4v) is 2.80. The van der Waals surface area contributed by atoms with Crippen LogP contribution in [0.1, 0.15) is 30.6 Å². The number of rotatable bonds is 6. The minimum atomic E-state index is -0.833. The fourth-order valence-electron chi connectivity index (χ4n) is 2.19. The van der Waals surface area contributed by atoms with E-state index >= 15 is 0 Å². The number of halogens is 3. The second-order valence-electron chi connectivity index (χ2n) is 4.85. The lowest BCUT2D eigenvalue weighted by Crippen LogP contribution is -2.26. The molecule has 0 fully saturated rings. The SMILES string of the molecule is CCCNC(Cc1ccc(F)c(F)c1)c1c(Br)nnn1C. The van der Waals surface area contributed by atoms with Crippen molar-refractivity contribution >= 4 is 15.9 Å². The Morgan fingerprint density at radius 3 is 2.67 bits per heavy atom. The van der Waals surface area contributed by atoms with Gasteiger partial charge in [-0.15, -0.1) is 5.10 Å². The maximum atomic E-state index is 13.3. The molecule has 2 rings (SSSR count). The first-order valence-corrected chi connectivity index (χ1v) is 7.54. The van der Waals surface area contributed by atoms with Gasteiger partial charge in [0, 0.05) is 7.05 Å². The fraction of sp³-hybridized carbons (Fsp3) is 0.429. The number of hydrogen-bond acceptors (Lipinski definition) is 3. The highest BCUT2D eigenvalue weighted by Crippen LogP contribution is 2.24. The molecule has 1 atom stereocenters. The quantitative estimate of drug-likeness (QED) is 0.862. The Balaban J connectivity index is 2.26. The van der Waals surface area contributed by atoms with Crippen molar-refractivity contribution in [3.63, 3.8) is 0 Å². The summed E-state index contributed by atoms with van der Waals surface area (Å²) >= 11 is 3.38. The third kappa shape index (κ3) is 3.85. The molecule has 0 aliphatic heterocycles. The van der Waals surface area contributed by atoms with Gasteiger partial charge in [0.15, 0.2) is 16.2 Å². The molecule has 1 heterocycles. The van der Waals surface area contributed by atoms with Crippen LogP contribution >= 0.6 is 15.9 Å². The first-order valence-electron chi connectivity index (χ1n) is 6.75. The van der Waals surface area contributed by atoms with E-state index < -0.39 is 11.6 Å². The molecule has 2 aromatic rings. The molecule has 1 aromatic heterocycles. The van der Waals surface area contributed by atoms with Gasteiger partial charge in [0.1, 0.15) is 0 Å². The second kappa shape index (κ2) is 7.09. The molecule has 0 aliphatic carbocycles. The lowest BCUT2D eigenvalue weighted by molar-refractivity contribution is 0.483. The minimum Gasteiger partial charge on any atom is -0.308 e. The van der Waals surface area contributed by atoms with Gasteiger partial charge in [-0.1, -0.05) is 18.2 Å². The van der Waals surface area contributed by atoms with E-state index in [1.807, 2.05) is 0 Å². The van der Waals surface area contributed by atoms with Gasteiger partial charge in [0.25, 0.3) is 0 Å². The van der Waals surface area contributed by atoms with Gasteiger partial charge in [-0.25, -0.2) is 13.5 Å². The molecule has 0 saturated heterocycles. The Labute approximate surface area is 130 Å². The molecule has 7 heteroatoms. The van der Waals surface area contributed by atoms with Crippen LogP contribution < -0.4 is 5.32 Å². The van der Waals surface area contributed by atoms with Gasteiger partial charge in [-0.2, -0.15) is 0 Å². The number of aromatic nitrogens is 3. The molecule has 21 heavy (non-hydrogen) atoms. The maximum absolute atomic E-state index is 13.3. The zero-order chi connectivity index (χ0) is 15.4. The molecule has 0 bridgehead atoms. The van der Waals surface area contributed by atoms with Gasteiger partial charge in [-0.3, -0.25) is 0 Å². The van der Waals surface area contributed by atoms with Crippen LogP contribution in [0.5, 0.6) is 0 Å². The molecule has 0 aliphatic rings. The van der Waals surface area contributed by atoms with Crippen molar-refractivity contribution in [1.29, 1.82) is 0 Å². The summed E-state index contributed by atoms with van der Waals surface area (Å²) in [5.74, 6) is -1.66. The van der Waals surface area contributed by atoms with E-state index in [2.05, 4.69) is 38.5 Å². The van der Waals surface area contributed by atoms with Crippen LogP contribution in [0.2, 0.25) is 0 Å². The van der Waals surface area contributed by atoms with Crippen molar-refractivity contribution in [2.45, 2.75) is 25.8 Å². The number of benzene rings is 1. The number of nitrogens with one attached hydrogen (secondary N) is 1. The lowest BCUT2D eigenvalue weighted by Gasteiger charge is -2.19. The average Bonchev–Trinajstić information content (AvgIpc) is 2.78. The second-order valence-corrected chi connectivity index (χ2v) is 5.60. The van der Waals surface area contributed by atoms with E-state index in [9.17, 15) is 8.78 Å². The van der Waals surface area contributed by atoms with Crippen molar-refractivity contribution in [1.82, 2.24) is 20.3 Å². The van der Waals surface area contributed by atoms with Crippen molar-refractivity contribution < 1.29 is 8.78 Å². The highest BCUT2D eigenvalue weighted by Gasteiger charge is 2.20. The Bertz CT molecular complexity index is 596. The van der Waals surface area contributed by atoms with Crippen molar-refractivity contribution in [2.75, 3.05) is 6.54 Å². The summed E-state index contributed by atoms with van der Waals surface area (Å²) in [5, 5.41) is 11.3. The van der Waals surface area contributed by atoms with Crippen LogP contribution in [0.15, 0.2) is 22.8 Å². The summed E-state index contributed by atoms with van der Waals surface area (Å²) in [6, 6.07) is 3.90. The third-order valence-electron chi connectivity index (χ3n) is 3.22. The Morgan fingerprint density at radius 1 is 1.33 bits per heavy atom. The Kier molecular flexibility index (Phi) is 5.41. The van der Waals surface area contributed by atoms with Crippen LogP contribution in [-0.2, 0) is 13.5 Å². The van der Waals surface area contributed by atoms with Crippen LogP contribution in [0, 0.1) is 11.6 Å². The molecule has 1 aromatic carbocycles. The van der Waals surface area contributed by atoms with Gasteiger partial charge < -0.3 is 5.32 Å². The van der Waals surface area contributed by atoms with E-state index in [0.29, 0.717) is 11.0 Å². The van der Waals surface area contributed by atoms with Crippen LogP contribution in [0.4, 0.5) is 8.78 Å². The van der Waals surface area contributed by atoms with Crippen LogP contribution in [-0.4, -0.2) is 21.5 Å². The van der Waals surface area contributed by atoms with E-state index in [1.165, 1.54) is 6.07 Å². The molecule has 0 spiro atoms.